The number of benzene rings is 1. The number of amides is 1. The number of allylic oxidation sites excluding steroid dienone is 1. The van der Waals surface area contributed by atoms with Crippen LogP contribution in [0.25, 0.3) is 11.1 Å². The van der Waals surface area contributed by atoms with Crippen molar-refractivity contribution in [3.8, 4) is 0 Å². The second kappa shape index (κ2) is 8.40. The summed E-state index contributed by atoms with van der Waals surface area (Å²) < 4.78 is 38.7. The van der Waals surface area contributed by atoms with Crippen LogP contribution in [0.15, 0.2) is 53.5 Å². The number of carbonyl (C=O) groups excluding carboxylic acids is 1. The van der Waals surface area contributed by atoms with Crippen LogP contribution in [0.2, 0.25) is 0 Å². The first-order chi connectivity index (χ1) is 14.2. The third kappa shape index (κ3) is 4.51. The summed E-state index contributed by atoms with van der Waals surface area (Å²) in [6, 6.07) is 7.34. The summed E-state index contributed by atoms with van der Waals surface area (Å²) in [6.45, 7) is 0. The Hall–Kier alpha value is -3.62. The number of alkyl halides is 3. The van der Waals surface area contributed by atoms with Crippen molar-refractivity contribution in [2.45, 2.75) is 25.1 Å². The molecule has 1 aliphatic heterocycles. The summed E-state index contributed by atoms with van der Waals surface area (Å²) in [5, 5.41) is 10.1. The molecule has 0 spiro atoms. The van der Waals surface area contributed by atoms with Gasteiger partial charge in [-0.2, -0.15) is 13.2 Å². The zero-order valence-electron chi connectivity index (χ0n) is 15.7. The summed E-state index contributed by atoms with van der Waals surface area (Å²) in [6.07, 6.45) is 0.229. The van der Waals surface area contributed by atoms with Gasteiger partial charge < -0.3 is 21.4 Å². The molecule has 1 aliphatic rings. The molecule has 3 rings (SSSR count). The summed E-state index contributed by atoms with van der Waals surface area (Å²) in [7, 11) is 0. The van der Waals surface area contributed by atoms with Gasteiger partial charge in [0.25, 0.3) is 5.56 Å². The number of H-pyrrole nitrogens is 1. The van der Waals surface area contributed by atoms with Crippen LogP contribution < -0.4 is 16.6 Å². The Balaban J connectivity index is 2.08. The molecular weight excluding hydrogens is 397 g/mol. The Bertz CT molecular complexity index is 1080. The van der Waals surface area contributed by atoms with Crippen molar-refractivity contribution in [2.75, 3.05) is 0 Å². The van der Waals surface area contributed by atoms with E-state index in [0.717, 1.165) is 24.5 Å². The first-order valence-electron chi connectivity index (χ1n) is 9.08. The van der Waals surface area contributed by atoms with Crippen molar-refractivity contribution >= 4 is 23.3 Å². The minimum absolute atomic E-state index is 0.115. The Morgan fingerprint density at radius 1 is 1.13 bits per heavy atom. The SMILES string of the molecule is N=C/C(=C\N)c1ccc(/C(=C/[C@H]2CCC(=O)N2)c2ccc(C(F)(F)F)cc2)[nH]c1=O. The highest BCUT2D eigenvalue weighted by molar-refractivity contribution is 6.07. The van der Waals surface area contributed by atoms with Gasteiger partial charge in [0.1, 0.15) is 0 Å². The van der Waals surface area contributed by atoms with E-state index in [1.165, 1.54) is 18.2 Å². The van der Waals surface area contributed by atoms with E-state index < -0.39 is 17.3 Å². The van der Waals surface area contributed by atoms with Crippen LogP contribution in [-0.2, 0) is 11.0 Å². The Morgan fingerprint density at radius 2 is 1.83 bits per heavy atom. The third-order valence-corrected chi connectivity index (χ3v) is 4.77. The third-order valence-electron chi connectivity index (χ3n) is 4.77. The molecule has 9 heteroatoms. The van der Waals surface area contributed by atoms with Crippen LogP contribution in [0.4, 0.5) is 13.2 Å². The molecule has 1 aromatic heterocycles. The van der Waals surface area contributed by atoms with Gasteiger partial charge >= 0.3 is 6.18 Å². The molecule has 1 saturated heterocycles. The second-order valence-corrected chi connectivity index (χ2v) is 6.75. The van der Waals surface area contributed by atoms with Crippen molar-refractivity contribution in [1.82, 2.24) is 10.3 Å². The lowest BCUT2D eigenvalue weighted by atomic mass is 9.97. The number of aromatic amines is 1. The maximum absolute atomic E-state index is 12.9. The second-order valence-electron chi connectivity index (χ2n) is 6.75. The lowest BCUT2D eigenvalue weighted by molar-refractivity contribution is -0.137. The molecule has 0 unspecified atom stereocenters. The van der Waals surface area contributed by atoms with Crippen molar-refractivity contribution in [3.05, 3.63) is 81.4 Å². The van der Waals surface area contributed by atoms with Crippen LogP contribution in [0.1, 0.15) is 35.2 Å². The maximum atomic E-state index is 12.9. The fourth-order valence-corrected chi connectivity index (χ4v) is 3.22. The van der Waals surface area contributed by atoms with Crippen molar-refractivity contribution in [2.24, 2.45) is 5.73 Å². The lowest BCUT2D eigenvalue weighted by Gasteiger charge is -2.14. The van der Waals surface area contributed by atoms with Gasteiger partial charge in [-0.15, -0.1) is 0 Å². The maximum Gasteiger partial charge on any atom is 0.416 e. The minimum Gasteiger partial charge on any atom is -0.404 e. The van der Waals surface area contributed by atoms with E-state index in [1.54, 1.807) is 12.1 Å². The highest BCUT2D eigenvalue weighted by atomic mass is 19.4. The van der Waals surface area contributed by atoms with Crippen molar-refractivity contribution in [3.63, 3.8) is 0 Å². The highest BCUT2D eigenvalue weighted by Gasteiger charge is 2.30. The predicted octanol–water partition coefficient (Wildman–Crippen LogP) is 3.05. The summed E-state index contributed by atoms with van der Waals surface area (Å²) >= 11 is 0. The Labute approximate surface area is 169 Å². The molecule has 2 heterocycles. The monoisotopic (exact) mass is 416 g/mol. The molecule has 30 heavy (non-hydrogen) atoms. The molecule has 5 N–H and O–H groups in total. The van der Waals surface area contributed by atoms with Gasteiger partial charge in [0.15, 0.2) is 0 Å². The van der Waals surface area contributed by atoms with Gasteiger partial charge in [0.05, 0.1) is 5.56 Å². The van der Waals surface area contributed by atoms with E-state index in [9.17, 15) is 22.8 Å². The summed E-state index contributed by atoms with van der Waals surface area (Å²) in [4.78, 5) is 26.7. The number of hydrogen-bond acceptors (Lipinski definition) is 4. The van der Waals surface area contributed by atoms with Gasteiger partial charge in [-0.25, -0.2) is 0 Å². The van der Waals surface area contributed by atoms with E-state index in [2.05, 4.69) is 10.3 Å². The molecule has 1 atom stereocenters. The Kier molecular flexibility index (Phi) is 5.91. The standard InChI is InChI=1S/C21H19F3N4O2/c22-21(23,24)14-3-1-12(2-4-14)17(9-15-5-8-19(29)27-15)18-7-6-16(20(30)28-18)13(10-25)11-26/h1-4,6-7,9-11,15,25H,5,8,26H2,(H,27,29)(H,28,30)/b13-11+,17-9+,25-10?/t15-/m1/s1. The van der Waals surface area contributed by atoms with E-state index >= 15 is 0 Å². The van der Waals surface area contributed by atoms with Crippen molar-refractivity contribution in [1.29, 1.82) is 5.41 Å². The number of pyridine rings is 1. The molecule has 0 radical (unpaired) electrons. The van der Waals surface area contributed by atoms with Crippen LogP contribution in [-0.4, -0.2) is 23.1 Å². The molecule has 0 saturated carbocycles. The fraction of sp³-hybridized carbons (Fsp3) is 0.190. The number of rotatable bonds is 5. The molecular formula is C21H19F3N4O2. The molecule has 6 nitrogen and oxygen atoms in total. The molecule has 156 valence electrons. The molecule has 1 aromatic carbocycles. The normalized spacial score (nSPS) is 17.7. The van der Waals surface area contributed by atoms with E-state index in [4.69, 9.17) is 11.1 Å². The quantitative estimate of drug-likeness (QED) is 0.562. The lowest BCUT2D eigenvalue weighted by Crippen LogP contribution is -2.24. The molecule has 1 amide bonds. The topological polar surface area (TPSA) is 112 Å². The predicted molar refractivity (Wildman–Crippen MR) is 108 cm³/mol. The number of halogens is 3. The van der Waals surface area contributed by atoms with Gasteiger partial charge in [-0.1, -0.05) is 18.2 Å². The number of carbonyl (C=O) groups is 1. The first-order valence-corrected chi connectivity index (χ1v) is 9.08. The highest BCUT2D eigenvalue weighted by Crippen LogP contribution is 2.31. The van der Waals surface area contributed by atoms with Crippen LogP contribution in [0.3, 0.4) is 0 Å². The van der Waals surface area contributed by atoms with Crippen molar-refractivity contribution < 1.29 is 18.0 Å². The van der Waals surface area contributed by atoms with Gasteiger partial charge in [0, 0.05) is 47.3 Å². The van der Waals surface area contributed by atoms with E-state index in [1.807, 2.05) is 0 Å². The van der Waals surface area contributed by atoms with E-state index in [-0.39, 0.29) is 23.1 Å². The Morgan fingerprint density at radius 3 is 2.33 bits per heavy atom. The van der Waals surface area contributed by atoms with Crippen LogP contribution in [0, 0.1) is 5.41 Å². The first kappa shape index (κ1) is 21.1. The fourth-order valence-electron chi connectivity index (χ4n) is 3.22. The summed E-state index contributed by atoms with van der Waals surface area (Å²) in [5.74, 6) is -0.115. The van der Waals surface area contributed by atoms with Gasteiger partial charge in [-0.3, -0.25) is 9.59 Å². The number of nitrogens with two attached hydrogens (primary N) is 1. The molecule has 2 aromatic rings. The smallest absolute Gasteiger partial charge is 0.404 e. The number of hydrogen-bond donors (Lipinski definition) is 4. The number of nitrogens with one attached hydrogen (secondary N) is 3. The largest absolute Gasteiger partial charge is 0.416 e. The average Bonchev–Trinajstić information content (AvgIpc) is 3.12. The molecule has 1 fully saturated rings. The van der Waals surface area contributed by atoms with Gasteiger partial charge in [0.2, 0.25) is 5.91 Å². The minimum atomic E-state index is -4.46. The molecule has 0 bridgehead atoms. The average molecular weight is 416 g/mol. The van der Waals surface area contributed by atoms with Crippen LogP contribution in [0.5, 0.6) is 0 Å². The number of aromatic nitrogens is 1. The zero-order valence-corrected chi connectivity index (χ0v) is 15.7. The molecule has 0 aliphatic carbocycles. The van der Waals surface area contributed by atoms with E-state index in [0.29, 0.717) is 29.7 Å². The van der Waals surface area contributed by atoms with Gasteiger partial charge in [-0.05, 0) is 36.2 Å². The zero-order chi connectivity index (χ0) is 21.9. The summed E-state index contributed by atoms with van der Waals surface area (Å²) in [5.41, 5.74) is 5.87. The van der Waals surface area contributed by atoms with Crippen LogP contribution >= 0.6 is 0 Å².